The maximum absolute atomic E-state index is 12.0. The first kappa shape index (κ1) is 18.8. The molecule has 0 aliphatic carbocycles. The first-order valence-electron chi connectivity index (χ1n) is 7.07. The molecule has 3 heteroatoms. The van der Waals surface area contributed by atoms with E-state index in [0.29, 0.717) is 12.0 Å². The highest BCUT2D eigenvalue weighted by Crippen LogP contribution is 2.14. The molecule has 0 saturated carbocycles. The Morgan fingerprint density at radius 3 is 2.38 bits per heavy atom. The molecule has 21 heavy (non-hydrogen) atoms. The molecule has 0 heterocycles. The second-order valence-electron chi connectivity index (χ2n) is 4.23. The van der Waals surface area contributed by atoms with E-state index < -0.39 is 5.97 Å². The summed E-state index contributed by atoms with van der Waals surface area (Å²) in [6, 6.07) is 7.86. The molecule has 1 aromatic rings. The van der Waals surface area contributed by atoms with Gasteiger partial charge in [0, 0.05) is 18.9 Å². The van der Waals surface area contributed by atoms with E-state index >= 15 is 0 Å². The van der Waals surface area contributed by atoms with Gasteiger partial charge in [0.1, 0.15) is 0 Å². The molecule has 0 amide bonds. The molecule has 3 nitrogen and oxygen atoms in total. The molecule has 0 fully saturated rings. The van der Waals surface area contributed by atoms with Gasteiger partial charge in [-0.2, -0.15) is 0 Å². The Kier molecular flexibility index (Phi) is 9.52. The zero-order valence-corrected chi connectivity index (χ0v) is 13.3. The molecule has 1 aromatic carbocycles. The largest absolute Gasteiger partial charge is 0.457 e. The normalized spacial score (nSPS) is 10.2. The maximum atomic E-state index is 12.0. The zero-order chi connectivity index (χ0) is 16.3. The quantitative estimate of drug-likeness (QED) is 0.454. The number of carbonyl (C=O) groups excluding carboxylic acids is 2. The minimum Gasteiger partial charge on any atom is -0.457 e. The number of allylic oxidation sites excluding steroid dienone is 2. The van der Waals surface area contributed by atoms with Gasteiger partial charge in [-0.15, -0.1) is 0 Å². The lowest BCUT2D eigenvalue weighted by Crippen LogP contribution is -2.15. The summed E-state index contributed by atoms with van der Waals surface area (Å²) in [7, 11) is 0. The highest BCUT2D eigenvalue weighted by atomic mass is 16.5. The third-order valence-electron chi connectivity index (χ3n) is 2.73. The van der Waals surface area contributed by atoms with Crippen molar-refractivity contribution in [3.05, 3.63) is 59.7 Å². The number of rotatable bonds is 6. The van der Waals surface area contributed by atoms with Crippen LogP contribution in [0.5, 0.6) is 0 Å². The molecular formula is C18H24O3. The number of ether oxygens (including phenoxy) is 1. The zero-order valence-electron chi connectivity index (χ0n) is 13.3. The van der Waals surface area contributed by atoms with Gasteiger partial charge >= 0.3 is 5.97 Å². The van der Waals surface area contributed by atoms with Gasteiger partial charge in [0.2, 0.25) is 0 Å². The van der Waals surface area contributed by atoms with E-state index in [1.54, 1.807) is 12.2 Å². The summed E-state index contributed by atoms with van der Waals surface area (Å²) in [6.07, 6.45) is 3.75. The Bertz CT molecular complexity index is 513. The Hall–Kier alpha value is -2.16. The fourth-order valence-corrected chi connectivity index (χ4v) is 1.67. The minimum atomic E-state index is -0.456. The van der Waals surface area contributed by atoms with Crippen LogP contribution in [0.2, 0.25) is 0 Å². The Morgan fingerprint density at radius 2 is 1.86 bits per heavy atom. The van der Waals surface area contributed by atoms with Gasteiger partial charge in [0.05, 0.1) is 0 Å². The van der Waals surface area contributed by atoms with Crippen molar-refractivity contribution in [3.8, 4) is 0 Å². The van der Waals surface area contributed by atoms with Crippen LogP contribution in [0.25, 0.3) is 0 Å². The molecule has 0 aliphatic heterocycles. The van der Waals surface area contributed by atoms with Crippen LogP contribution in [0, 0.1) is 6.92 Å². The van der Waals surface area contributed by atoms with Crippen LogP contribution in [-0.2, 0) is 20.7 Å². The maximum Gasteiger partial charge on any atom is 0.303 e. The van der Waals surface area contributed by atoms with Gasteiger partial charge in [0.15, 0.2) is 12.4 Å². The van der Waals surface area contributed by atoms with Crippen LogP contribution in [0.1, 0.15) is 31.9 Å². The average molecular weight is 288 g/mol. The molecule has 0 unspecified atom stereocenters. The number of benzene rings is 1. The van der Waals surface area contributed by atoms with Crippen LogP contribution < -0.4 is 0 Å². The number of hydrogen-bond acceptors (Lipinski definition) is 3. The smallest absolute Gasteiger partial charge is 0.303 e. The fraction of sp³-hybridized carbons (Fsp3) is 0.333. The van der Waals surface area contributed by atoms with E-state index in [-0.39, 0.29) is 12.4 Å². The SMILES string of the molecule is C=C/C=C(\Cc1ccccc1C)C(=O)COC(C)=O.CC. The molecule has 0 radical (unpaired) electrons. The molecule has 0 aliphatic rings. The molecular weight excluding hydrogens is 264 g/mol. The van der Waals surface area contributed by atoms with Crippen molar-refractivity contribution in [1.82, 2.24) is 0 Å². The van der Waals surface area contributed by atoms with Crippen molar-refractivity contribution in [2.75, 3.05) is 6.61 Å². The number of esters is 1. The van der Waals surface area contributed by atoms with E-state index in [4.69, 9.17) is 4.74 Å². The van der Waals surface area contributed by atoms with Gasteiger partial charge in [-0.3, -0.25) is 9.59 Å². The Labute approximate surface area is 127 Å². The van der Waals surface area contributed by atoms with Crippen molar-refractivity contribution in [2.45, 2.75) is 34.1 Å². The molecule has 1 rings (SSSR count). The lowest BCUT2D eigenvalue weighted by Gasteiger charge is -2.09. The minimum absolute atomic E-state index is 0.196. The summed E-state index contributed by atoms with van der Waals surface area (Å²) in [5.74, 6) is -0.652. The second-order valence-corrected chi connectivity index (χ2v) is 4.23. The number of hydrogen-bond donors (Lipinski definition) is 0. The Morgan fingerprint density at radius 1 is 1.24 bits per heavy atom. The predicted molar refractivity (Wildman–Crippen MR) is 86.2 cm³/mol. The topological polar surface area (TPSA) is 43.4 Å². The molecule has 0 spiro atoms. The summed E-state index contributed by atoms with van der Waals surface area (Å²) in [4.78, 5) is 22.7. The van der Waals surface area contributed by atoms with Gasteiger partial charge < -0.3 is 4.74 Å². The third kappa shape index (κ3) is 7.25. The van der Waals surface area contributed by atoms with Gasteiger partial charge in [-0.25, -0.2) is 0 Å². The molecule has 114 valence electrons. The van der Waals surface area contributed by atoms with Crippen LogP contribution in [0.15, 0.2) is 48.6 Å². The molecule has 0 N–H and O–H groups in total. The molecule has 0 saturated heterocycles. The van der Waals surface area contributed by atoms with Crippen LogP contribution in [0.4, 0.5) is 0 Å². The van der Waals surface area contributed by atoms with Gasteiger partial charge in [-0.1, -0.05) is 56.8 Å². The monoisotopic (exact) mass is 288 g/mol. The molecule has 0 aromatic heterocycles. The lowest BCUT2D eigenvalue weighted by molar-refractivity contribution is -0.144. The lowest BCUT2D eigenvalue weighted by atomic mass is 9.98. The molecule has 0 atom stereocenters. The van der Waals surface area contributed by atoms with E-state index in [1.807, 2.05) is 45.0 Å². The van der Waals surface area contributed by atoms with Crippen LogP contribution in [0.3, 0.4) is 0 Å². The van der Waals surface area contributed by atoms with Crippen molar-refractivity contribution in [2.24, 2.45) is 0 Å². The summed E-state index contributed by atoms with van der Waals surface area (Å²) in [6.45, 7) is 10.7. The van der Waals surface area contributed by atoms with E-state index in [0.717, 1.165) is 11.1 Å². The van der Waals surface area contributed by atoms with Crippen molar-refractivity contribution >= 4 is 11.8 Å². The van der Waals surface area contributed by atoms with Crippen molar-refractivity contribution < 1.29 is 14.3 Å². The standard InChI is InChI=1S/C16H18O3.C2H6/c1-4-7-15(16(18)11-19-13(3)17)10-14-9-6-5-8-12(14)2;1-2/h4-9H,1,10-11H2,2-3H3;1-2H3/b15-7+;. The van der Waals surface area contributed by atoms with E-state index in [2.05, 4.69) is 6.58 Å². The highest BCUT2D eigenvalue weighted by molar-refractivity contribution is 5.97. The first-order valence-corrected chi connectivity index (χ1v) is 7.07. The van der Waals surface area contributed by atoms with Crippen LogP contribution in [-0.4, -0.2) is 18.4 Å². The summed E-state index contributed by atoms with van der Waals surface area (Å²) in [5.41, 5.74) is 2.79. The Balaban J connectivity index is 0.00000191. The highest BCUT2D eigenvalue weighted by Gasteiger charge is 2.12. The predicted octanol–water partition coefficient (Wildman–Crippen LogP) is 3.81. The summed E-state index contributed by atoms with van der Waals surface area (Å²) < 4.78 is 4.74. The van der Waals surface area contributed by atoms with E-state index in [9.17, 15) is 9.59 Å². The van der Waals surface area contributed by atoms with Gasteiger partial charge in [0.25, 0.3) is 0 Å². The van der Waals surface area contributed by atoms with Crippen molar-refractivity contribution in [1.29, 1.82) is 0 Å². The number of ketones is 1. The number of aryl methyl sites for hydroxylation is 1. The summed E-state index contributed by atoms with van der Waals surface area (Å²) in [5, 5.41) is 0. The second kappa shape index (κ2) is 10.6. The van der Waals surface area contributed by atoms with E-state index in [1.165, 1.54) is 6.92 Å². The number of Topliss-reactive ketones (excluding diaryl/α,β-unsaturated/α-hetero) is 1. The van der Waals surface area contributed by atoms with Crippen LogP contribution >= 0.6 is 0 Å². The number of carbonyl (C=O) groups is 2. The average Bonchev–Trinajstić information content (AvgIpc) is 2.48. The first-order chi connectivity index (χ1) is 10.0. The fourth-order valence-electron chi connectivity index (χ4n) is 1.67. The third-order valence-corrected chi connectivity index (χ3v) is 2.73. The van der Waals surface area contributed by atoms with Gasteiger partial charge in [-0.05, 0) is 18.1 Å². The summed E-state index contributed by atoms with van der Waals surface area (Å²) >= 11 is 0. The van der Waals surface area contributed by atoms with Crippen molar-refractivity contribution in [3.63, 3.8) is 0 Å². The molecule has 0 bridgehead atoms.